The molecule has 0 aromatic heterocycles. The Morgan fingerprint density at radius 1 is 1.07 bits per heavy atom. The van der Waals surface area contributed by atoms with Crippen LogP contribution >= 0.6 is 15.9 Å². The molecule has 6 nitrogen and oxygen atoms in total. The smallest absolute Gasteiger partial charge is 0.264 e. The summed E-state index contributed by atoms with van der Waals surface area (Å²) in [4.78, 5) is 12.7. The Kier molecular flexibility index (Phi) is 8.30. The zero-order chi connectivity index (χ0) is 21.4. The number of sulfonamides is 1. The van der Waals surface area contributed by atoms with Crippen LogP contribution in [0.15, 0.2) is 64.0 Å². The molecule has 0 unspecified atom stereocenters. The van der Waals surface area contributed by atoms with Crippen molar-refractivity contribution in [3.05, 3.63) is 59.1 Å². The van der Waals surface area contributed by atoms with Gasteiger partial charge in [-0.3, -0.25) is 9.10 Å². The van der Waals surface area contributed by atoms with Gasteiger partial charge >= 0.3 is 0 Å². The predicted octanol–water partition coefficient (Wildman–Crippen LogP) is 4.11. The van der Waals surface area contributed by atoms with Gasteiger partial charge in [-0.2, -0.15) is 0 Å². The lowest BCUT2D eigenvalue weighted by molar-refractivity contribution is -0.119. The lowest BCUT2D eigenvalue weighted by Gasteiger charge is -2.24. The first kappa shape index (κ1) is 22.8. The molecule has 0 bridgehead atoms. The molecule has 0 heterocycles. The minimum Gasteiger partial charge on any atom is -0.378 e. The van der Waals surface area contributed by atoms with E-state index in [2.05, 4.69) is 21.2 Å². The van der Waals surface area contributed by atoms with E-state index in [0.29, 0.717) is 31.4 Å². The topological polar surface area (TPSA) is 75.7 Å². The number of hydrogen-bond acceptors (Lipinski definition) is 4. The Morgan fingerprint density at radius 3 is 2.40 bits per heavy atom. The second-order valence-electron chi connectivity index (χ2n) is 7.28. The van der Waals surface area contributed by atoms with Crippen molar-refractivity contribution in [2.45, 2.75) is 43.1 Å². The number of ether oxygens (including phenoxy) is 1. The molecule has 3 rings (SSSR count). The number of carbonyl (C=O) groups is 1. The minimum atomic E-state index is -3.88. The number of carbonyl (C=O) groups excluding carboxylic acids is 1. The number of halogens is 1. The third kappa shape index (κ3) is 6.30. The van der Waals surface area contributed by atoms with Crippen LogP contribution in [0.5, 0.6) is 0 Å². The minimum absolute atomic E-state index is 0.144. The SMILES string of the molecule is O=C(CN(c1ccc(Br)cc1)S(=O)(=O)c1ccccc1)NCCCOC1CCCC1. The van der Waals surface area contributed by atoms with E-state index in [1.54, 1.807) is 42.5 Å². The number of nitrogens with zero attached hydrogens (tertiary/aromatic N) is 1. The number of anilines is 1. The first-order valence-corrected chi connectivity index (χ1v) is 12.4. The molecule has 2 aromatic rings. The van der Waals surface area contributed by atoms with E-state index in [-0.39, 0.29) is 17.3 Å². The van der Waals surface area contributed by atoms with Gasteiger partial charge in [0.05, 0.1) is 16.7 Å². The number of benzene rings is 2. The fraction of sp³-hybridized carbons (Fsp3) is 0.409. The molecule has 1 aliphatic rings. The highest BCUT2D eigenvalue weighted by atomic mass is 79.9. The van der Waals surface area contributed by atoms with Gasteiger partial charge in [-0.1, -0.05) is 47.0 Å². The van der Waals surface area contributed by atoms with Gasteiger partial charge in [-0.05, 0) is 55.7 Å². The van der Waals surface area contributed by atoms with Crippen molar-refractivity contribution in [1.29, 1.82) is 0 Å². The maximum Gasteiger partial charge on any atom is 0.264 e. The second-order valence-corrected chi connectivity index (χ2v) is 10.1. The average Bonchev–Trinajstić information content (AvgIpc) is 3.27. The van der Waals surface area contributed by atoms with E-state index in [4.69, 9.17) is 4.74 Å². The van der Waals surface area contributed by atoms with Crippen LogP contribution in [0, 0.1) is 0 Å². The molecule has 1 saturated carbocycles. The second kappa shape index (κ2) is 10.9. The number of amides is 1. The first-order valence-electron chi connectivity index (χ1n) is 10.2. The molecule has 0 saturated heterocycles. The Balaban J connectivity index is 1.62. The van der Waals surface area contributed by atoms with Crippen LogP contribution in [0.1, 0.15) is 32.1 Å². The van der Waals surface area contributed by atoms with Crippen molar-refractivity contribution < 1.29 is 17.9 Å². The largest absolute Gasteiger partial charge is 0.378 e. The quantitative estimate of drug-likeness (QED) is 0.504. The Hall–Kier alpha value is -1.90. The molecule has 8 heteroatoms. The highest BCUT2D eigenvalue weighted by Crippen LogP contribution is 2.25. The maximum atomic E-state index is 13.2. The Morgan fingerprint density at radius 2 is 1.73 bits per heavy atom. The normalized spacial score (nSPS) is 14.6. The average molecular weight is 495 g/mol. The third-order valence-electron chi connectivity index (χ3n) is 5.03. The Bertz CT molecular complexity index is 914. The summed E-state index contributed by atoms with van der Waals surface area (Å²) < 4.78 is 34.1. The molecule has 30 heavy (non-hydrogen) atoms. The van der Waals surface area contributed by atoms with Gasteiger partial charge in [-0.15, -0.1) is 0 Å². The fourth-order valence-electron chi connectivity index (χ4n) is 3.43. The third-order valence-corrected chi connectivity index (χ3v) is 7.35. The van der Waals surface area contributed by atoms with Gasteiger partial charge in [0.1, 0.15) is 6.54 Å². The van der Waals surface area contributed by atoms with E-state index in [0.717, 1.165) is 21.6 Å². The Labute approximate surface area is 186 Å². The molecule has 2 aromatic carbocycles. The van der Waals surface area contributed by atoms with Crippen LogP contribution in [-0.4, -0.2) is 40.1 Å². The van der Waals surface area contributed by atoms with Gasteiger partial charge in [-0.25, -0.2) is 8.42 Å². The van der Waals surface area contributed by atoms with Crippen LogP contribution in [0.4, 0.5) is 5.69 Å². The van der Waals surface area contributed by atoms with Gasteiger partial charge < -0.3 is 10.1 Å². The monoisotopic (exact) mass is 494 g/mol. The lowest BCUT2D eigenvalue weighted by atomic mass is 10.3. The van der Waals surface area contributed by atoms with E-state index < -0.39 is 10.0 Å². The molecule has 0 spiro atoms. The molecule has 1 fully saturated rings. The van der Waals surface area contributed by atoms with E-state index >= 15 is 0 Å². The van der Waals surface area contributed by atoms with Crippen molar-refractivity contribution in [3.63, 3.8) is 0 Å². The van der Waals surface area contributed by atoms with Crippen molar-refractivity contribution in [1.82, 2.24) is 5.32 Å². The van der Waals surface area contributed by atoms with Gasteiger partial charge in [0, 0.05) is 17.6 Å². The zero-order valence-electron chi connectivity index (χ0n) is 16.8. The van der Waals surface area contributed by atoms with Crippen LogP contribution in [0.25, 0.3) is 0 Å². The first-order chi connectivity index (χ1) is 14.5. The lowest BCUT2D eigenvalue weighted by Crippen LogP contribution is -2.41. The van der Waals surface area contributed by atoms with Crippen molar-refractivity contribution >= 4 is 37.5 Å². The zero-order valence-corrected chi connectivity index (χ0v) is 19.2. The maximum absolute atomic E-state index is 13.2. The van der Waals surface area contributed by atoms with Crippen molar-refractivity contribution in [3.8, 4) is 0 Å². The molecule has 1 aliphatic carbocycles. The fourth-order valence-corrected chi connectivity index (χ4v) is 5.14. The summed E-state index contributed by atoms with van der Waals surface area (Å²) in [7, 11) is -3.88. The predicted molar refractivity (Wildman–Crippen MR) is 121 cm³/mol. The number of nitrogens with one attached hydrogen (secondary N) is 1. The highest BCUT2D eigenvalue weighted by Gasteiger charge is 2.27. The van der Waals surface area contributed by atoms with Crippen LogP contribution in [-0.2, 0) is 19.6 Å². The van der Waals surface area contributed by atoms with Crippen LogP contribution < -0.4 is 9.62 Å². The standard InChI is InChI=1S/C22H27BrN2O4S/c23-18-11-13-19(14-12-18)25(30(27,28)21-9-2-1-3-10-21)17-22(26)24-15-6-16-29-20-7-4-5-8-20/h1-3,9-14,20H,4-8,15-17H2,(H,24,26). The van der Waals surface area contributed by atoms with Crippen molar-refractivity contribution in [2.75, 3.05) is 24.0 Å². The summed E-state index contributed by atoms with van der Waals surface area (Å²) in [5.74, 6) is -0.349. The molecule has 0 atom stereocenters. The van der Waals surface area contributed by atoms with Crippen molar-refractivity contribution in [2.24, 2.45) is 0 Å². The molecule has 0 radical (unpaired) electrons. The highest BCUT2D eigenvalue weighted by molar-refractivity contribution is 9.10. The summed E-state index contributed by atoms with van der Waals surface area (Å²) in [6, 6.07) is 15.0. The molecule has 162 valence electrons. The molecule has 1 N–H and O–H groups in total. The summed E-state index contributed by atoms with van der Waals surface area (Å²) >= 11 is 3.35. The van der Waals surface area contributed by atoms with E-state index in [9.17, 15) is 13.2 Å². The molecular formula is C22H27BrN2O4S. The molecule has 1 amide bonds. The summed E-state index contributed by atoms with van der Waals surface area (Å²) in [6.45, 7) is 0.761. The summed E-state index contributed by atoms with van der Waals surface area (Å²) in [5.41, 5.74) is 0.432. The van der Waals surface area contributed by atoms with Gasteiger partial charge in [0.25, 0.3) is 10.0 Å². The summed E-state index contributed by atoms with van der Waals surface area (Å²) in [5, 5.41) is 2.81. The molecule has 0 aliphatic heterocycles. The van der Waals surface area contributed by atoms with E-state index in [1.807, 2.05) is 0 Å². The number of hydrogen-bond donors (Lipinski definition) is 1. The van der Waals surface area contributed by atoms with Crippen LogP contribution in [0.3, 0.4) is 0 Å². The number of rotatable bonds is 10. The molecular weight excluding hydrogens is 468 g/mol. The van der Waals surface area contributed by atoms with E-state index in [1.165, 1.54) is 25.0 Å². The van der Waals surface area contributed by atoms with Gasteiger partial charge in [0.2, 0.25) is 5.91 Å². The van der Waals surface area contributed by atoms with Gasteiger partial charge in [0.15, 0.2) is 0 Å². The van der Waals surface area contributed by atoms with Crippen LogP contribution in [0.2, 0.25) is 0 Å². The summed E-state index contributed by atoms with van der Waals surface area (Å²) in [6.07, 6.45) is 5.74.